The molecule has 7 nitrogen and oxygen atoms in total. The number of aromatic nitrogens is 1. The number of benzene rings is 2. The lowest BCUT2D eigenvalue weighted by molar-refractivity contribution is 0.102. The summed E-state index contributed by atoms with van der Waals surface area (Å²) in [4.78, 5) is 28.5. The van der Waals surface area contributed by atoms with E-state index >= 15 is 0 Å². The standard InChI is InChI=1S/C19H18N4O3S/c1-12-5-3-6-13(9-12)21-18(25)23-19-22-16(11-27-19)17(24)20-14-7-4-8-15(10-14)26-2/h3-11H,1-2H3,(H,20,24)(H2,21,22,23,25). The molecule has 27 heavy (non-hydrogen) atoms. The van der Waals surface area contributed by atoms with Crippen LogP contribution in [0.5, 0.6) is 5.75 Å². The number of nitrogens with one attached hydrogen (secondary N) is 3. The molecule has 2 aromatic carbocycles. The number of thiazole rings is 1. The molecule has 3 N–H and O–H groups in total. The summed E-state index contributed by atoms with van der Waals surface area (Å²) in [5.74, 6) is 0.271. The predicted octanol–water partition coefficient (Wildman–Crippen LogP) is 4.36. The number of hydrogen-bond acceptors (Lipinski definition) is 5. The van der Waals surface area contributed by atoms with Gasteiger partial charge in [0.2, 0.25) is 0 Å². The zero-order valence-electron chi connectivity index (χ0n) is 14.8. The molecule has 0 spiro atoms. The van der Waals surface area contributed by atoms with Gasteiger partial charge in [-0.1, -0.05) is 18.2 Å². The van der Waals surface area contributed by atoms with Crippen LogP contribution in [0, 0.1) is 6.92 Å². The van der Waals surface area contributed by atoms with E-state index in [4.69, 9.17) is 4.74 Å². The van der Waals surface area contributed by atoms with Crippen LogP contribution < -0.4 is 20.7 Å². The molecule has 0 aliphatic rings. The summed E-state index contributed by atoms with van der Waals surface area (Å²) in [5.41, 5.74) is 2.53. The summed E-state index contributed by atoms with van der Waals surface area (Å²) in [7, 11) is 1.56. The van der Waals surface area contributed by atoms with E-state index in [-0.39, 0.29) is 11.6 Å². The van der Waals surface area contributed by atoms with Crippen molar-refractivity contribution in [3.05, 3.63) is 65.2 Å². The first-order valence-corrected chi connectivity index (χ1v) is 8.97. The van der Waals surface area contributed by atoms with E-state index in [0.717, 1.165) is 5.56 Å². The number of nitrogens with zero attached hydrogens (tertiary/aromatic N) is 1. The van der Waals surface area contributed by atoms with Crippen molar-refractivity contribution in [2.45, 2.75) is 6.92 Å². The van der Waals surface area contributed by atoms with Crippen molar-refractivity contribution in [1.82, 2.24) is 4.98 Å². The lowest BCUT2D eigenvalue weighted by Crippen LogP contribution is -2.19. The van der Waals surface area contributed by atoms with E-state index < -0.39 is 6.03 Å². The first kappa shape index (κ1) is 18.4. The Morgan fingerprint density at radius 1 is 1.00 bits per heavy atom. The van der Waals surface area contributed by atoms with E-state index in [2.05, 4.69) is 20.9 Å². The molecule has 3 amide bonds. The SMILES string of the molecule is COc1cccc(NC(=O)c2csc(NC(=O)Nc3cccc(C)c3)n2)c1. The highest BCUT2D eigenvalue weighted by atomic mass is 32.1. The van der Waals surface area contributed by atoms with Gasteiger partial charge in [0.15, 0.2) is 5.13 Å². The van der Waals surface area contributed by atoms with E-state index in [9.17, 15) is 9.59 Å². The number of amides is 3. The third-order valence-corrected chi connectivity index (χ3v) is 4.32. The average Bonchev–Trinajstić information content (AvgIpc) is 3.10. The Labute approximate surface area is 160 Å². The van der Waals surface area contributed by atoms with Crippen LogP contribution in [-0.2, 0) is 0 Å². The molecule has 0 radical (unpaired) electrons. The highest BCUT2D eigenvalue weighted by molar-refractivity contribution is 7.14. The molecule has 8 heteroatoms. The molecule has 138 valence electrons. The van der Waals surface area contributed by atoms with Crippen LogP contribution >= 0.6 is 11.3 Å². The minimum atomic E-state index is -0.422. The van der Waals surface area contributed by atoms with Gasteiger partial charge in [-0.3, -0.25) is 10.1 Å². The Kier molecular flexibility index (Phi) is 5.68. The van der Waals surface area contributed by atoms with Gasteiger partial charge < -0.3 is 15.4 Å². The molecule has 3 rings (SSSR count). The van der Waals surface area contributed by atoms with Crippen LogP contribution in [0.4, 0.5) is 21.3 Å². The Bertz CT molecular complexity index is 971. The number of hydrogen-bond donors (Lipinski definition) is 3. The van der Waals surface area contributed by atoms with Crippen LogP contribution in [0.3, 0.4) is 0 Å². The van der Waals surface area contributed by atoms with Gasteiger partial charge >= 0.3 is 6.03 Å². The minimum Gasteiger partial charge on any atom is -0.497 e. The third kappa shape index (κ3) is 5.05. The molecule has 0 atom stereocenters. The Balaban J connectivity index is 1.60. The maximum Gasteiger partial charge on any atom is 0.325 e. The van der Waals surface area contributed by atoms with E-state index in [1.54, 1.807) is 42.8 Å². The summed E-state index contributed by atoms with van der Waals surface area (Å²) in [6.45, 7) is 1.94. The van der Waals surface area contributed by atoms with Crippen LogP contribution in [-0.4, -0.2) is 24.0 Å². The van der Waals surface area contributed by atoms with E-state index in [1.807, 2.05) is 25.1 Å². The second kappa shape index (κ2) is 8.33. The van der Waals surface area contributed by atoms with Crippen molar-refractivity contribution < 1.29 is 14.3 Å². The minimum absolute atomic E-state index is 0.216. The molecular weight excluding hydrogens is 364 g/mol. The molecule has 0 saturated heterocycles. The molecule has 0 aliphatic carbocycles. The number of urea groups is 1. The number of carbonyl (C=O) groups is 2. The summed E-state index contributed by atoms with van der Waals surface area (Å²) >= 11 is 1.17. The monoisotopic (exact) mass is 382 g/mol. The average molecular weight is 382 g/mol. The quantitative estimate of drug-likeness (QED) is 0.611. The van der Waals surface area contributed by atoms with Crippen LogP contribution in [0.25, 0.3) is 0 Å². The summed E-state index contributed by atoms with van der Waals surface area (Å²) in [6, 6.07) is 14.0. The van der Waals surface area contributed by atoms with E-state index in [1.165, 1.54) is 11.3 Å². The second-order valence-corrected chi connectivity index (χ2v) is 6.53. The Morgan fingerprint density at radius 2 is 1.74 bits per heavy atom. The van der Waals surface area contributed by atoms with Gasteiger partial charge in [-0.05, 0) is 36.8 Å². The lowest BCUT2D eigenvalue weighted by atomic mass is 10.2. The fourth-order valence-corrected chi connectivity index (χ4v) is 3.00. The molecule has 0 aliphatic heterocycles. The maximum absolute atomic E-state index is 12.3. The highest BCUT2D eigenvalue weighted by Crippen LogP contribution is 2.20. The number of carbonyl (C=O) groups excluding carboxylic acids is 2. The van der Waals surface area contributed by atoms with Gasteiger partial charge in [0.1, 0.15) is 11.4 Å². The van der Waals surface area contributed by atoms with E-state index in [0.29, 0.717) is 22.3 Å². The normalized spacial score (nSPS) is 10.1. The molecule has 1 heterocycles. The lowest BCUT2D eigenvalue weighted by Gasteiger charge is -2.06. The fraction of sp³-hybridized carbons (Fsp3) is 0.105. The van der Waals surface area contributed by atoms with Crippen LogP contribution in [0.2, 0.25) is 0 Å². The Morgan fingerprint density at radius 3 is 2.48 bits per heavy atom. The van der Waals surface area contributed by atoms with Gasteiger partial charge in [-0.25, -0.2) is 9.78 Å². The maximum atomic E-state index is 12.3. The molecule has 0 fully saturated rings. The molecule has 1 aromatic heterocycles. The second-order valence-electron chi connectivity index (χ2n) is 5.67. The predicted molar refractivity (Wildman–Crippen MR) is 107 cm³/mol. The molecular formula is C19H18N4O3S. The van der Waals surface area contributed by atoms with Crippen LogP contribution in [0.1, 0.15) is 16.1 Å². The Hall–Kier alpha value is -3.39. The largest absolute Gasteiger partial charge is 0.497 e. The van der Waals surface area contributed by atoms with Crippen molar-refractivity contribution in [1.29, 1.82) is 0 Å². The zero-order valence-corrected chi connectivity index (χ0v) is 15.6. The smallest absolute Gasteiger partial charge is 0.325 e. The highest BCUT2D eigenvalue weighted by Gasteiger charge is 2.13. The summed E-state index contributed by atoms with van der Waals surface area (Å²) in [6.07, 6.45) is 0. The van der Waals surface area contributed by atoms with Gasteiger partial charge in [0, 0.05) is 22.8 Å². The van der Waals surface area contributed by atoms with Crippen molar-refractivity contribution in [3.63, 3.8) is 0 Å². The first-order valence-electron chi connectivity index (χ1n) is 8.09. The van der Waals surface area contributed by atoms with Gasteiger partial charge in [0.25, 0.3) is 5.91 Å². The van der Waals surface area contributed by atoms with Crippen LogP contribution in [0.15, 0.2) is 53.9 Å². The van der Waals surface area contributed by atoms with Gasteiger partial charge in [-0.2, -0.15) is 0 Å². The van der Waals surface area contributed by atoms with Crippen molar-refractivity contribution in [2.75, 3.05) is 23.1 Å². The number of anilines is 3. The fourth-order valence-electron chi connectivity index (χ4n) is 2.31. The third-order valence-electron chi connectivity index (χ3n) is 3.56. The number of rotatable bonds is 5. The molecule has 0 saturated carbocycles. The molecule has 0 unspecified atom stereocenters. The zero-order chi connectivity index (χ0) is 19.2. The van der Waals surface area contributed by atoms with Gasteiger partial charge in [-0.15, -0.1) is 11.3 Å². The topological polar surface area (TPSA) is 92.4 Å². The van der Waals surface area contributed by atoms with Crippen molar-refractivity contribution in [2.24, 2.45) is 0 Å². The molecule has 0 bridgehead atoms. The summed E-state index contributed by atoms with van der Waals surface area (Å²) < 4.78 is 5.13. The number of aryl methyl sites for hydroxylation is 1. The number of methoxy groups -OCH3 is 1. The number of ether oxygens (including phenoxy) is 1. The molecule has 3 aromatic rings. The first-order chi connectivity index (χ1) is 13.0. The van der Waals surface area contributed by atoms with Crippen molar-refractivity contribution in [3.8, 4) is 5.75 Å². The summed E-state index contributed by atoms with van der Waals surface area (Å²) in [5, 5.41) is 10.0. The van der Waals surface area contributed by atoms with Gasteiger partial charge in [0.05, 0.1) is 7.11 Å². The van der Waals surface area contributed by atoms with Crippen molar-refractivity contribution >= 4 is 39.8 Å².